The maximum Gasteiger partial charge on any atom is 0.274 e. The lowest BCUT2D eigenvalue weighted by atomic mass is 10.0. The van der Waals surface area contributed by atoms with E-state index >= 15 is 0 Å². The number of nitrogens with one attached hydrogen (secondary N) is 1. The Morgan fingerprint density at radius 1 is 1.17 bits per heavy atom. The molecule has 0 aliphatic heterocycles. The van der Waals surface area contributed by atoms with Crippen LogP contribution in [0.2, 0.25) is 0 Å². The molecular formula is C15H20N2O. The zero-order valence-electron chi connectivity index (χ0n) is 11.7. The molecule has 2 aromatic rings. The molecule has 0 amide bonds. The molecule has 2 rings (SSSR count). The molecule has 18 heavy (non-hydrogen) atoms. The summed E-state index contributed by atoms with van der Waals surface area (Å²) in [5.41, 5.74) is 5.08. The van der Waals surface area contributed by atoms with Crippen molar-refractivity contribution in [3.05, 3.63) is 50.9 Å². The molecule has 1 N–H and O–H groups in total. The van der Waals surface area contributed by atoms with Crippen molar-refractivity contribution in [3.8, 4) is 5.69 Å². The van der Waals surface area contributed by atoms with Gasteiger partial charge in [-0.3, -0.25) is 9.89 Å². The first kappa shape index (κ1) is 12.7. The van der Waals surface area contributed by atoms with Crippen molar-refractivity contribution in [2.24, 2.45) is 0 Å². The molecule has 1 aromatic heterocycles. The third-order valence-corrected chi connectivity index (χ3v) is 3.30. The number of aromatic amines is 1. The number of aryl methyl sites for hydroxylation is 3. The van der Waals surface area contributed by atoms with E-state index < -0.39 is 0 Å². The molecule has 96 valence electrons. The van der Waals surface area contributed by atoms with Crippen LogP contribution in [0.15, 0.2) is 23.0 Å². The zero-order valence-corrected chi connectivity index (χ0v) is 11.7. The molecule has 0 radical (unpaired) electrons. The highest BCUT2D eigenvalue weighted by Gasteiger charge is 2.16. The summed E-state index contributed by atoms with van der Waals surface area (Å²) in [6, 6.07) is 6.14. The Balaban J connectivity index is 2.69. The van der Waals surface area contributed by atoms with Gasteiger partial charge in [-0.15, -0.1) is 0 Å². The summed E-state index contributed by atoms with van der Waals surface area (Å²) in [5, 5.41) is 3.18. The third kappa shape index (κ3) is 2.01. The molecule has 0 saturated heterocycles. The van der Waals surface area contributed by atoms with Crippen molar-refractivity contribution in [3.63, 3.8) is 0 Å². The van der Waals surface area contributed by atoms with E-state index in [4.69, 9.17) is 0 Å². The Morgan fingerprint density at radius 2 is 1.83 bits per heavy atom. The van der Waals surface area contributed by atoms with E-state index in [-0.39, 0.29) is 11.5 Å². The van der Waals surface area contributed by atoms with Gasteiger partial charge in [0.15, 0.2) is 0 Å². The van der Waals surface area contributed by atoms with Crippen molar-refractivity contribution < 1.29 is 0 Å². The van der Waals surface area contributed by atoms with E-state index in [2.05, 4.69) is 11.2 Å². The Morgan fingerprint density at radius 3 is 2.39 bits per heavy atom. The van der Waals surface area contributed by atoms with Gasteiger partial charge >= 0.3 is 0 Å². The molecule has 0 spiro atoms. The average molecular weight is 244 g/mol. The molecule has 3 heteroatoms. The van der Waals surface area contributed by atoms with Crippen molar-refractivity contribution in [1.29, 1.82) is 0 Å². The molecule has 3 nitrogen and oxygen atoms in total. The maximum absolute atomic E-state index is 12.4. The molecule has 0 fully saturated rings. The fourth-order valence-electron chi connectivity index (χ4n) is 2.37. The van der Waals surface area contributed by atoms with Gasteiger partial charge in [0, 0.05) is 11.3 Å². The van der Waals surface area contributed by atoms with E-state index in [1.807, 2.05) is 46.8 Å². The van der Waals surface area contributed by atoms with Crippen molar-refractivity contribution in [2.75, 3.05) is 0 Å². The topological polar surface area (TPSA) is 37.8 Å². The molecule has 0 atom stereocenters. The number of hydrogen-bond acceptors (Lipinski definition) is 1. The SMILES string of the molecule is Cc1ccc(C)c(-n2[nH]c(C)c(C(C)C)c2=O)c1. The minimum atomic E-state index is 0.0659. The molecule has 0 aliphatic carbocycles. The van der Waals surface area contributed by atoms with Crippen LogP contribution in [0.1, 0.15) is 42.1 Å². The third-order valence-electron chi connectivity index (χ3n) is 3.30. The number of nitrogens with zero attached hydrogens (tertiary/aromatic N) is 1. The first-order valence-electron chi connectivity index (χ1n) is 6.31. The van der Waals surface area contributed by atoms with E-state index in [9.17, 15) is 4.79 Å². The molecule has 0 saturated carbocycles. The minimum absolute atomic E-state index is 0.0659. The number of rotatable bonds is 2. The molecule has 0 bridgehead atoms. The summed E-state index contributed by atoms with van der Waals surface area (Å²) in [6.07, 6.45) is 0. The van der Waals surface area contributed by atoms with Gasteiger partial charge in [0.1, 0.15) is 0 Å². The van der Waals surface area contributed by atoms with Gasteiger partial charge in [0.2, 0.25) is 0 Å². The van der Waals surface area contributed by atoms with Gasteiger partial charge in [-0.05, 0) is 43.9 Å². The smallest absolute Gasteiger partial charge is 0.274 e. The van der Waals surface area contributed by atoms with Gasteiger partial charge in [-0.25, -0.2) is 4.68 Å². The van der Waals surface area contributed by atoms with E-state index in [0.29, 0.717) is 0 Å². The van der Waals surface area contributed by atoms with Crippen LogP contribution in [0.3, 0.4) is 0 Å². The van der Waals surface area contributed by atoms with Gasteiger partial charge < -0.3 is 0 Å². The average Bonchev–Trinajstić information content (AvgIpc) is 2.57. The van der Waals surface area contributed by atoms with E-state index in [0.717, 1.165) is 28.1 Å². The Bertz CT molecular complexity index is 632. The minimum Gasteiger partial charge on any atom is -0.295 e. The Kier molecular flexibility index (Phi) is 3.16. The van der Waals surface area contributed by atoms with Gasteiger partial charge in [-0.2, -0.15) is 0 Å². The molecule has 0 unspecified atom stereocenters. The molecule has 1 aromatic carbocycles. The Hall–Kier alpha value is -1.77. The van der Waals surface area contributed by atoms with Gasteiger partial charge in [-0.1, -0.05) is 26.0 Å². The summed E-state index contributed by atoms with van der Waals surface area (Å²) in [6.45, 7) is 10.1. The van der Waals surface area contributed by atoms with Crippen LogP contribution in [0.25, 0.3) is 5.69 Å². The monoisotopic (exact) mass is 244 g/mol. The number of hydrogen-bond donors (Lipinski definition) is 1. The highest BCUT2D eigenvalue weighted by atomic mass is 16.1. The van der Waals surface area contributed by atoms with Crippen LogP contribution in [0.5, 0.6) is 0 Å². The van der Waals surface area contributed by atoms with Gasteiger partial charge in [0.25, 0.3) is 5.56 Å². The predicted molar refractivity (Wildman–Crippen MR) is 74.7 cm³/mol. The lowest BCUT2D eigenvalue weighted by molar-refractivity contribution is 0.818. The quantitative estimate of drug-likeness (QED) is 0.865. The lowest BCUT2D eigenvalue weighted by Crippen LogP contribution is -2.19. The van der Waals surface area contributed by atoms with Crippen LogP contribution in [-0.4, -0.2) is 9.78 Å². The van der Waals surface area contributed by atoms with Crippen LogP contribution in [-0.2, 0) is 0 Å². The molecule has 1 heterocycles. The van der Waals surface area contributed by atoms with Crippen LogP contribution < -0.4 is 5.56 Å². The normalized spacial score (nSPS) is 11.2. The number of benzene rings is 1. The highest BCUT2D eigenvalue weighted by molar-refractivity contribution is 5.43. The largest absolute Gasteiger partial charge is 0.295 e. The maximum atomic E-state index is 12.4. The molecular weight excluding hydrogens is 224 g/mol. The van der Waals surface area contributed by atoms with Crippen LogP contribution in [0, 0.1) is 20.8 Å². The van der Waals surface area contributed by atoms with E-state index in [1.165, 1.54) is 0 Å². The fourth-order valence-corrected chi connectivity index (χ4v) is 2.37. The van der Waals surface area contributed by atoms with Crippen molar-refractivity contribution in [1.82, 2.24) is 9.78 Å². The standard InChI is InChI=1S/C15H20N2O/c1-9(2)14-12(5)16-17(15(14)18)13-8-10(3)6-7-11(13)4/h6-9,16H,1-5H3. The lowest BCUT2D eigenvalue weighted by Gasteiger charge is -2.07. The number of aromatic nitrogens is 2. The van der Waals surface area contributed by atoms with Crippen LogP contribution >= 0.6 is 0 Å². The van der Waals surface area contributed by atoms with Crippen LogP contribution in [0.4, 0.5) is 0 Å². The second-order valence-electron chi connectivity index (χ2n) is 5.24. The number of H-pyrrole nitrogens is 1. The first-order valence-corrected chi connectivity index (χ1v) is 6.31. The zero-order chi connectivity index (χ0) is 13.4. The summed E-state index contributed by atoms with van der Waals surface area (Å²) < 4.78 is 1.66. The second-order valence-corrected chi connectivity index (χ2v) is 5.24. The molecule has 0 aliphatic rings. The first-order chi connectivity index (χ1) is 8.41. The van der Waals surface area contributed by atoms with Gasteiger partial charge in [0.05, 0.1) is 5.69 Å². The second kappa shape index (κ2) is 4.48. The van der Waals surface area contributed by atoms with Crippen molar-refractivity contribution in [2.45, 2.75) is 40.5 Å². The summed E-state index contributed by atoms with van der Waals surface area (Å²) >= 11 is 0. The Labute approximate surface area is 107 Å². The summed E-state index contributed by atoms with van der Waals surface area (Å²) in [5.74, 6) is 0.236. The summed E-state index contributed by atoms with van der Waals surface area (Å²) in [4.78, 5) is 12.4. The summed E-state index contributed by atoms with van der Waals surface area (Å²) in [7, 11) is 0. The highest BCUT2D eigenvalue weighted by Crippen LogP contribution is 2.18. The van der Waals surface area contributed by atoms with Crippen molar-refractivity contribution >= 4 is 0 Å². The van der Waals surface area contributed by atoms with E-state index in [1.54, 1.807) is 4.68 Å². The fraction of sp³-hybridized carbons (Fsp3) is 0.400. The predicted octanol–water partition coefficient (Wildman–Crippen LogP) is 3.21.